The van der Waals surface area contributed by atoms with Crippen molar-refractivity contribution >= 4 is 10.9 Å². The third-order valence-corrected chi connectivity index (χ3v) is 3.18. The number of benzene rings is 1. The first-order valence-corrected chi connectivity index (χ1v) is 6.77. The van der Waals surface area contributed by atoms with E-state index in [1.807, 2.05) is 30.5 Å². The van der Waals surface area contributed by atoms with E-state index in [-0.39, 0.29) is 5.56 Å². The molecule has 2 heterocycles. The number of fused-ring (bicyclic) bond motifs is 1. The second kappa shape index (κ2) is 6.23. The molecular weight excluding hydrogens is 266 g/mol. The Kier molecular flexibility index (Phi) is 3.97. The SMILES string of the molecule is O=c1c2ccccc2nnn1CCNCc1cccnc1. The van der Waals surface area contributed by atoms with Gasteiger partial charge in [0.2, 0.25) is 0 Å². The van der Waals surface area contributed by atoms with Crippen LogP contribution in [0.25, 0.3) is 10.9 Å². The van der Waals surface area contributed by atoms with Crippen molar-refractivity contribution in [3.8, 4) is 0 Å². The fourth-order valence-electron chi connectivity index (χ4n) is 2.09. The summed E-state index contributed by atoms with van der Waals surface area (Å²) >= 11 is 0. The van der Waals surface area contributed by atoms with Crippen molar-refractivity contribution in [3.63, 3.8) is 0 Å². The van der Waals surface area contributed by atoms with Crippen LogP contribution in [0.5, 0.6) is 0 Å². The first kappa shape index (κ1) is 13.4. The van der Waals surface area contributed by atoms with Crippen LogP contribution < -0.4 is 10.9 Å². The standard InChI is InChI=1S/C15H15N5O/c21-15-13-5-1-2-6-14(13)18-19-20(15)9-8-17-11-12-4-3-7-16-10-12/h1-7,10,17H,8-9,11H2. The van der Waals surface area contributed by atoms with Gasteiger partial charge in [-0.25, -0.2) is 4.68 Å². The molecule has 6 nitrogen and oxygen atoms in total. The Balaban J connectivity index is 1.63. The minimum absolute atomic E-state index is 0.108. The van der Waals surface area contributed by atoms with Gasteiger partial charge in [0.25, 0.3) is 5.56 Å². The summed E-state index contributed by atoms with van der Waals surface area (Å²) in [5, 5.41) is 11.9. The number of nitrogens with zero attached hydrogens (tertiary/aromatic N) is 4. The lowest BCUT2D eigenvalue weighted by Crippen LogP contribution is -2.29. The smallest absolute Gasteiger partial charge is 0.277 e. The fraction of sp³-hybridized carbons (Fsp3) is 0.200. The van der Waals surface area contributed by atoms with Crippen molar-refractivity contribution in [3.05, 3.63) is 64.7 Å². The molecular formula is C15H15N5O. The van der Waals surface area contributed by atoms with Gasteiger partial charge in [0, 0.05) is 25.5 Å². The quantitative estimate of drug-likeness (QED) is 0.706. The molecule has 0 aliphatic carbocycles. The average molecular weight is 281 g/mol. The molecule has 0 atom stereocenters. The maximum atomic E-state index is 12.2. The van der Waals surface area contributed by atoms with E-state index in [9.17, 15) is 4.79 Å². The second-order valence-corrected chi connectivity index (χ2v) is 4.67. The molecule has 0 saturated heterocycles. The van der Waals surface area contributed by atoms with E-state index in [1.165, 1.54) is 4.68 Å². The third-order valence-electron chi connectivity index (χ3n) is 3.18. The van der Waals surface area contributed by atoms with Crippen molar-refractivity contribution in [1.82, 2.24) is 25.3 Å². The molecule has 0 fully saturated rings. The lowest BCUT2D eigenvalue weighted by molar-refractivity contribution is 0.513. The summed E-state index contributed by atoms with van der Waals surface area (Å²) < 4.78 is 1.39. The molecule has 0 unspecified atom stereocenters. The van der Waals surface area contributed by atoms with Crippen LogP contribution in [-0.2, 0) is 13.1 Å². The number of rotatable bonds is 5. The topological polar surface area (TPSA) is 72.7 Å². The fourth-order valence-corrected chi connectivity index (χ4v) is 2.09. The summed E-state index contributed by atoms with van der Waals surface area (Å²) in [6, 6.07) is 11.1. The maximum absolute atomic E-state index is 12.2. The van der Waals surface area contributed by atoms with Gasteiger partial charge in [0.05, 0.1) is 11.9 Å². The highest BCUT2D eigenvalue weighted by atomic mass is 16.1. The first-order chi connectivity index (χ1) is 10.3. The Morgan fingerprint density at radius 3 is 2.90 bits per heavy atom. The minimum Gasteiger partial charge on any atom is -0.311 e. The number of nitrogens with one attached hydrogen (secondary N) is 1. The largest absolute Gasteiger partial charge is 0.311 e. The molecule has 0 amide bonds. The Bertz CT molecular complexity index is 785. The molecule has 0 saturated carbocycles. The van der Waals surface area contributed by atoms with Gasteiger partial charge in [-0.1, -0.05) is 23.4 Å². The van der Waals surface area contributed by atoms with Crippen LogP contribution >= 0.6 is 0 Å². The Morgan fingerprint density at radius 1 is 1.14 bits per heavy atom. The number of hydrogen-bond donors (Lipinski definition) is 1. The molecule has 6 heteroatoms. The summed E-state index contributed by atoms with van der Waals surface area (Å²) in [4.78, 5) is 16.3. The van der Waals surface area contributed by atoms with E-state index in [1.54, 1.807) is 18.3 Å². The zero-order valence-electron chi connectivity index (χ0n) is 11.4. The second-order valence-electron chi connectivity index (χ2n) is 4.67. The molecule has 0 aliphatic rings. The van der Waals surface area contributed by atoms with Crippen molar-refractivity contribution in [2.24, 2.45) is 0 Å². The van der Waals surface area contributed by atoms with Gasteiger partial charge in [-0.2, -0.15) is 0 Å². The normalized spacial score (nSPS) is 10.9. The number of aromatic nitrogens is 4. The van der Waals surface area contributed by atoms with Crippen molar-refractivity contribution in [2.45, 2.75) is 13.1 Å². The minimum atomic E-state index is -0.108. The molecule has 0 bridgehead atoms. The molecule has 3 rings (SSSR count). The highest BCUT2D eigenvalue weighted by Crippen LogP contribution is 2.03. The molecule has 0 spiro atoms. The zero-order valence-corrected chi connectivity index (χ0v) is 11.4. The van der Waals surface area contributed by atoms with E-state index in [4.69, 9.17) is 0 Å². The van der Waals surface area contributed by atoms with E-state index >= 15 is 0 Å². The van der Waals surface area contributed by atoms with Gasteiger partial charge >= 0.3 is 0 Å². The zero-order chi connectivity index (χ0) is 14.5. The van der Waals surface area contributed by atoms with E-state index in [2.05, 4.69) is 20.6 Å². The van der Waals surface area contributed by atoms with E-state index in [0.717, 1.165) is 5.56 Å². The Labute approximate surface area is 121 Å². The maximum Gasteiger partial charge on any atom is 0.277 e. The predicted octanol–water partition coefficient (Wildman–Crippen LogP) is 0.976. The number of hydrogen-bond acceptors (Lipinski definition) is 5. The summed E-state index contributed by atoms with van der Waals surface area (Å²) in [7, 11) is 0. The third kappa shape index (κ3) is 3.11. The Hall–Kier alpha value is -2.60. The van der Waals surface area contributed by atoms with Crippen LogP contribution in [0.15, 0.2) is 53.6 Å². The van der Waals surface area contributed by atoms with Gasteiger partial charge in [0.1, 0.15) is 5.52 Å². The van der Waals surface area contributed by atoms with Crippen LogP contribution in [0.4, 0.5) is 0 Å². The van der Waals surface area contributed by atoms with Crippen molar-refractivity contribution in [2.75, 3.05) is 6.54 Å². The first-order valence-electron chi connectivity index (χ1n) is 6.77. The van der Waals surface area contributed by atoms with Gasteiger partial charge < -0.3 is 5.32 Å². The molecule has 1 N–H and O–H groups in total. The molecule has 0 aliphatic heterocycles. The summed E-state index contributed by atoms with van der Waals surface area (Å²) in [5.41, 5.74) is 1.63. The highest BCUT2D eigenvalue weighted by Gasteiger charge is 2.04. The molecule has 0 radical (unpaired) electrons. The van der Waals surface area contributed by atoms with Gasteiger partial charge in [-0.15, -0.1) is 5.10 Å². The van der Waals surface area contributed by atoms with E-state index in [0.29, 0.717) is 30.5 Å². The van der Waals surface area contributed by atoms with Gasteiger partial charge in [-0.05, 0) is 23.8 Å². The highest BCUT2D eigenvalue weighted by molar-refractivity contribution is 5.76. The van der Waals surface area contributed by atoms with Crippen molar-refractivity contribution < 1.29 is 0 Å². The predicted molar refractivity (Wildman–Crippen MR) is 79.7 cm³/mol. The van der Waals surface area contributed by atoms with Crippen LogP contribution in [0.3, 0.4) is 0 Å². The lowest BCUT2D eigenvalue weighted by atomic mass is 10.2. The molecule has 21 heavy (non-hydrogen) atoms. The van der Waals surface area contributed by atoms with E-state index < -0.39 is 0 Å². The molecule has 1 aromatic carbocycles. The van der Waals surface area contributed by atoms with Crippen LogP contribution in [0.2, 0.25) is 0 Å². The summed E-state index contributed by atoms with van der Waals surface area (Å²) in [5.74, 6) is 0. The van der Waals surface area contributed by atoms with Crippen LogP contribution in [-0.4, -0.2) is 26.5 Å². The van der Waals surface area contributed by atoms with Gasteiger partial charge in [-0.3, -0.25) is 9.78 Å². The monoisotopic (exact) mass is 281 g/mol. The number of pyridine rings is 1. The van der Waals surface area contributed by atoms with Crippen LogP contribution in [0.1, 0.15) is 5.56 Å². The summed E-state index contributed by atoms with van der Waals surface area (Å²) in [6.45, 7) is 1.84. The molecule has 2 aromatic heterocycles. The van der Waals surface area contributed by atoms with Crippen molar-refractivity contribution in [1.29, 1.82) is 0 Å². The molecule has 3 aromatic rings. The van der Waals surface area contributed by atoms with Crippen LogP contribution in [0, 0.1) is 0 Å². The molecule has 106 valence electrons. The Morgan fingerprint density at radius 2 is 2.05 bits per heavy atom. The van der Waals surface area contributed by atoms with Gasteiger partial charge in [0.15, 0.2) is 0 Å². The summed E-state index contributed by atoms with van der Waals surface area (Å²) in [6.07, 6.45) is 3.56. The lowest BCUT2D eigenvalue weighted by Gasteiger charge is -2.06. The average Bonchev–Trinajstić information content (AvgIpc) is 2.55.